The molecule has 0 bridgehead atoms. The smallest absolute Gasteiger partial charge is 0.261 e. The van der Waals surface area contributed by atoms with Crippen LogP contribution in [0, 0.1) is 0 Å². The molecule has 118 valence electrons. The molecule has 0 amide bonds. The van der Waals surface area contributed by atoms with Crippen LogP contribution in [0.2, 0.25) is 0 Å². The minimum atomic E-state index is -3.67. The minimum absolute atomic E-state index is 0.715. The van der Waals surface area contributed by atoms with Crippen molar-refractivity contribution in [3.8, 4) is 22.4 Å². The summed E-state index contributed by atoms with van der Waals surface area (Å²) in [5.74, 6) is 0. The quantitative estimate of drug-likeness (QED) is 0.730. The van der Waals surface area contributed by atoms with Crippen molar-refractivity contribution in [2.24, 2.45) is 0 Å². The van der Waals surface area contributed by atoms with Gasteiger partial charge in [0, 0.05) is 29.7 Å². The van der Waals surface area contributed by atoms with Gasteiger partial charge >= 0.3 is 0 Å². The van der Waals surface area contributed by atoms with Crippen molar-refractivity contribution in [1.82, 2.24) is 9.97 Å². The zero-order chi connectivity index (χ0) is 16.7. The summed E-state index contributed by atoms with van der Waals surface area (Å²) < 4.78 is 25.9. The van der Waals surface area contributed by atoms with Crippen LogP contribution in [-0.2, 0) is 10.1 Å². The molecule has 3 aromatic rings. The van der Waals surface area contributed by atoms with Crippen LogP contribution in [0.15, 0.2) is 73.2 Å². The van der Waals surface area contributed by atoms with Crippen LogP contribution in [0.1, 0.15) is 0 Å². The molecule has 0 spiro atoms. The fraction of sp³-hybridized carbons (Fsp3) is 0.0588. The Balaban J connectivity index is 0.000000338. The number of pyridine rings is 2. The molecule has 3 rings (SSSR count). The lowest BCUT2D eigenvalue weighted by atomic mass is 10.0. The van der Waals surface area contributed by atoms with Gasteiger partial charge in [0.15, 0.2) is 0 Å². The average Bonchev–Trinajstić information content (AvgIpc) is 2.55. The van der Waals surface area contributed by atoms with Crippen LogP contribution >= 0.6 is 0 Å². The lowest BCUT2D eigenvalue weighted by Crippen LogP contribution is -1.88. The van der Waals surface area contributed by atoms with Crippen LogP contribution in [-0.4, -0.2) is 29.2 Å². The van der Waals surface area contributed by atoms with Crippen LogP contribution in [0.25, 0.3) is 22.4 Å². The summed E-state index contributed by atoms with van der Waals surface area (Å²) in [7, 11) is -3.67. The average molecular weight is 328 g/mol. The summed E-state index contributed by atoms with van der Waals surface area (Å²) in [6.07, 6.45) is 6.14. The predicted octanol–water partition coefficient (Wildman–Crippen LogP) is 3.31. The molecule has 2 aromatic heterocycles. The van der Waals surface area contributed by atoms with E-state index < -0.39 is 10.1 Å². The highest BCUT2D eigenvalue weighted by molar-refractivity contribution is 7.85. The summed E-state index contributed by atoms with van der Waals surface area (Å²) in [4.78, 5) is 8.64. The van der Waals surface area contributed by atoms with Gasteiger partial charge in [0.05, 0.1) is 11.9 Å². The highest BCUT2D eigenvalue weighted by Gasteiger charge is 2.07. The van der Waals surface area contributed by atoms with Crippen LogP contribution in [0.5, 0.6) is 0 Å². The van der Waals surface area contributed by atoms with E-state index in [2.05, 4.69) is 28.2 Å². The largest absolute Gasteiger partial charge is 0.286 e. The fourth-order valence-corrected chi connectivity index (χ4v) is 1.99. The van der Waals surface area contributed by atoms with E-state index in [-0.39, 0.29) is 0 Å². The van der Waals surface area contributed by atoms with Gasteiger partial charge in [-0.3, -0.25) is 14.5 Å². The molecular weight excluding hydrogens is 312 g/mol. The number of rotatable bonds is 2. The molecule has 1 aromatic carbocycles. The number of benzene rings is 1. The van der Waals surface area contributed by atoms with E-state index in [0.717, 1.165) is 16.8 Å². The Bertz CT molecular complexity index is 785. The Kier molecular flexibility index (Phi) is 5.56. The first-order chi connectivity index (χ1) is 10.9. The van der Waals surface area contributed by atoms with Gasteiger partial charge in [-0.1, -0.05) is 36.4 Å². The maximum absolute atomic E-state index is 9.19. The van der Waals surface area contributed by atoms with Crippen molar-refractivity contribution in [2.75, 3.05) is 6.26 Å². The van der Waals surface area contributed by atoms with E-state index in [1.165, 1.54) is 5.56 Å². The van der Waals surface area contributed by atoms with Crippen molar-refractivity contribution in [3.05, 3.63) is 73.2 Å². The normalized spacial score (nSPS) is 10.5. The Morgan fingerprint density at radius 2 is 1.48 bits per heavy atom. The molecule has 0 aliphatic carbocycles. The van der Waals surface area contributed by atoms with Crippen molar-refractivity contribution in [2.45, 2.75) is 0 Å². The van der Waals surface area contributed by atoms with Crippen molar-refractivity contribution in [1.29, 1.82) is 0 Å². The highest BCUT2D eigenvalue weighted by Crippen LogP contribution is 2.29. The molecule has 0 fully saturated rings. The van der Waals surface area contributed by atoms with E-state index in [0.29, 0.717) is 6.26 Å². The Morgan fingerprint density at radius 3 is 2.09 bits per heavy atom. The molecule has 0 atom stereocenters. The number of hydrogen-bond donors (Lipinski definition) is 1. The standard InChI is InChI=1S/C16H12N2.CH4O3S/c1-2-6-13(7-3-1)15-9-5-11-18-16(15)14-8-4-10-17-12-14;1-5(2,3)4/h1-12H;1H3,(H,2,3,4). The third-order valence-corrected chi connectivity index (χ3v) is 2.83. The lowest BCUT2D eigenvalue weighted by Gasteiger charge is -2.08. The van der Waals surface area contributed by atoms with Crippen molar-refractivity contribution < 1.29 is 13.0 Å². The van der Waals surface area contributed by atoms with Gasteiger partial charge in [-0.25, -0.2) is 0 Å². The number of aromatic nitrogens is 2. The SMILES string of the molecule is CS(=O)(=O)O.c1ccc(-c2cccnc2-c2cccnc2)cc1. The van der Waals surface area contributed by atoms with Gasteiger partial charge in [-0.15, -0.1) is 0 Å². The summed E-state index contributed by atoms with van der Waals surface area (Å²) in [6.45, 7) is 0. The molecule has 0 aliphatic rings. The molecule has 6 heteroatoms. The zero-order valence-electron chi connectivity index (χ0n) is 12.5. The first-order valence-electron chi connectivity index (χ1n) is 6.78. The maximum atomic E-state index is 9.19. The van der Waals surface area contributed by atoms with E-state index in [1.54, 1.807) is 6.20 Å². The molecular formula is C17H16N2O3S. The Labute approximate surface area is 135 Å². The molecule has 0 aliphatic heterocycles. The van der Waals surface area contributed by atoms with Crippen LogP contribution < -0.4 is 0 Å². The van der Waals surface area contributed by atoms with E-state index in [1.807, 2.05) is 48.8 Å². The highest BCUT2D eigenvalue weighted by atomic mass is 32.2. The van der Waals surface area contributed by atoms with E-state index in [4.69, 9.17) is 4.55 Å². The van der Waals surface area contributed by atoms with Gasteiger partial charge in [0.2, 0.25) is 0 Å². The molecule has 0 unspecified atom stereocenters. The fourth-order valence-electron chi connectivity index (χ4n) is 1.99. The van der Waals surface area contributed by atoms with E-state index >= 15 is 0 Å². The number of hydrogen-bond acceptors (Lipinski definition) is 4. The summed E-state index contributed by atoms with van der Waals surface area (Å²) in [6, 6.07) is 18.3. The predicted molar refractivity (Wildman–Crippen MR) is 90.4 cm³/mol. The molecule has 0 saturated heterocycles. The molecule has 5 nitrogen and oxygen atoms in total. The summed E-state index contributed by atoms with van der Waals surface area (Å²) in [5, 5.41) is 0. The zero-order valence-corrected chi connectivity index (χ0v) is 13.3. The van der Waals surface area contributed by atoms with Gasteiger partial charge in [-0.05, 0) is 23.8 Å². The first kappa shape index (κ1) is 16.8. The Morgan fingerprint density at radius 1 is 0.870 bits per heavy atom. The second-order valence-electron chi connectivity index (χ2n) is 4.74. The topological polar surface area (TPSA) is 80.2 Å². The third-order valence-electron chi connectivity index (χ3n) is 2.83. The summed E-state index contributed by atoms with van der Waals surface area (Å²) >= 11 is 0. The number of nitrogens with zero attached hydrogens (tertiary/aromatic N) is 2. The molecule has 0 radical (unpaired) electrons. The second-order valence-corrected chi connectivity index (χ2v) is 6.21. The molecule has 23 heavy (non-hydrogen) atoms. The molecule has 2 heterocycles. The molecule has 1 N–H and O–H groups in total. The van der Waals surface area contributed by atoms with Crippen molar-refractivity contribution in [3.63, 3.8) is 0 Å². The molecule has 0 saturated carbocycles. The third kappa shape index (κ3) is 5.61. The monoisotopic (exact) mass is 328 g/mol. The van der Waals surface area contributed by atoms with Gasteiger partial charge < -0.3 is 0 Å². The Hall–Kier alpha value is -2.57. The van der Waals surface area contributed by atoms with Crippen LogP contribution in [0.3, 0.4) is 0 Å². The second kappa shape index (κ2) is 7.62. The maximum Gasteiger partial charge on any atom is 0.261 e. The van der Waals surface area contributed by atoms with Gasteiger partial charge in [-0.2, -0.15) is 8.42 Å². The minimum Gasteiger partial charge on any atom is -0.286 e. The lowest BCUT2D eigenvalue weighted by molar-refractivity contribution is 0.490. The summed E-state index contributed by atoms with van der Waals surface area (Å²) in [5.41, 5.74) is 4.31. The van der Waals surface area contributed by atoms with Gasteiger partial charge in [0.25, 0.3) is 10.1 Å². The van der Waals surface area contributed by atoms with Crippen molar-refractivity contribution >= 4 is 10.1 Å². The first-order valence-corrected chi connectivity index (χ1v) is 8.63. The van der Waals surface area contributed by atoms with E-state index in [9.17, 15) is 8.42 Å². The van der Waals surface area contributed by atoms with Crippen LogP contribution in [0.4, 0.5) is 0 Å². The van der Waals surface area contributed by atoms with Gasteiger partial charge in [0.1, 0.15) is 0 Å².